The number of para-hydroxylation sites is 1. The van der Waals surface area contributed by atoms with Crippen molar-refractivity contribution in [3.63, 3.8) is 0 Å². The second-order valence-electron chi connectivity index (χ2n) is 8.23. The molecule has 1 unspecified atom stereocenters. The first-order valence-corrected chi connectivity index (χ1v) is 12.2. The van der Waals surface area contributed by atoms with E-state index in [2.05, 4.69) is 15.3 Å². The van der Waals surface area contributed by atoms with Crippen molar-refractivity contribution in [3.05, 3.63) is 39.9 Å². The van der Waals surface area contributed by atoms with E-state index in [0.717, 1.165) is 23.9 Å². The van der Waals surface area contributed by atoms with Crippen LogP contribution in [0.4, 0.5) is 4.79 Å². The number of aromatic nitrogens is 2. The van der Waals surface area contributed by atoms with Gasteiger partial charge in [-0.15, -0.1) is 0 Å². The van der Waals surface area contributed by atoms with Crippen LogP contribution in [0.5, 0.6) is 0 Å². The maximum Gasteiger partial charge on any atom is 0.405 e. The highest BCUT2D eigenvalue weighted by atomic mass is 32.2. The van der Waals surface area contributed by atoms with Gasteiger partial charge in [0.05, 0.1) is 16.7 Å². The second kappa shape index (κ2) is 11.7. The molecule has 184 valence electrons. The zero-order chi connectivity index (χ0) is 24.7. The number of likely N-dealkylation sites (tertiary alicyclic amines) is 1. The van der Waals surface area contributed by atoms with E-state index >= 15 is 0 Å². The molecule has 2 aromatic rings. The molecule has 3 rings (SSSR count). The first-order valence-electron chi connectivity index (χ1n) is 11.2. The largest absolute Gasteiger partial charge is 0.436 e. The molecule has 2 heterocycles. The number of nitrogens with two attached hydrogens (primary N) is 2. The Labute approximate surface area is 201 Å². The number of piperidine rings is 1. The van der Waals surface area contributed by atoms with Gasteiger partial charge >= 0.3 is 6.09 Å². The molecule has 1 atom stereocenters. The molecule has 34 heavy (non-hydrogen) atoms. The van der Waals surface area contributed by atoms with Gasteiger partial charge in [0.15, 0.2) is 12.1 Å². The summed E-state index contributed by atoms with van der Waals surface area (Å²) >= 11 is 1.71. The zero-order valence-corrected chi connectivity index (χ0v) is 20.0. The number of aryl methyl sites for hydroxylation is 1. The number of benzene rings is 1. The minimum Gasteiger partial charge on any atom is -0.436 e. The maximum atomic E-state index is 12.9. The highest BCUT2D eigenvalue weighted by molar-refractivity contribution is 7.99. The summed E-state index contributed by atoms with van der Waals surface area (Å²) < 4.78 is 5.05. The third-order valence-corrected chi connectivity index (χ3v) is 7.07. The summed E-state index contributed by atoms with van der Waals surface area (Å²) in [6, 6.07) is 5.56. The number of nitrogens with zero attached hydrogens (tertiary/aromatic N) is 2. The van der Waals surface area contributed by atoms with Gasteiger partial charge in [-0.1, -0.05) is 12.1 Å². The lowest BCUT2D eigenvalue weighted by Gasteiger charge is -2.33. The number of rotatable bonds is 9. The molecule has 7 N–H and O–H groups in total. The number of hydrogen-bond donors (Lipinski definition) is 5. The van der Waals surface area contributed by atoms with Gasteiger partial charge in [-0.05, 0) is 44.2 Å². The van der Waals surface area contributed by atoms with Crippen LogP contribution in [-0.2, 0) is 15.3 Å². The average molecular weight is 490 g/mol. The Bertz CT molecular complexity index is 1100. The summed E-state index contributed by atoms with van der Waals surface area (Å²) in [7, 11) is 0. The number of fused-ring (bicyclic) bond motifs is 1. The van der Waals surface area contributed by atoms with Crippen molar-refractivity contribution in [1.82, 2.24) is 20.2 Å². The summed E-state index contributed by atoms with van der Waals surface area (Å²) in [5.41, 5.74) is 11.9. The molecule has 12 heteroatoms. The molecule has 1 aromatic carbocycles. The lowest BCUT2D eigenvalue weighted by molar-refractivity contribution is -0.141. The van der Waals surface area contributed by atoms with Crippen LogP contribution in [0.15, 0.2) is 23.0 Å². The molecule has 0 bridgehead atoms. The summed E-state index contributed by atoms with van der Waals surface area (Å²) in [5.74, 6) is 0.802. The topological polar surface area (TPSA) is 180 Å². The van der Waals surface area contributed by atoms with E-state index in [-0.39, 0.29) is 23.8 Å². The SMILES string of the molecule is Cc1cccc2c(=O)[nH]c(CSC3CCN(C(=O)C(CCCNC(=N)N)OC(N)=O)CC3)nc12. The summed E-state index contributed by atoms with van der Waals surface area (Å²) in [4.78, 5) is 45.7. The van der Waals surface area contributed by atoms with E-state index in [9.17, 15) is 14.4 Å². The van der Waals surface area contributed by atoms with Gasteiger partial charge in [0.25, 0.3) is 11.5 Å². The Morgan fingerprint density at radius 2 is 2.09 bits per heavy atom. The number of nitrogens with one attached hydrogen (secondary N) is 3. The fourth-order valence-electron chi connectivity index (χ4n) is 3.95. The Morgan fingerprint density at radius 1 is 1.35 bits per heavy atom. The smallest absolute Gasteiger partial charge is 0.405 e. The number of primary amides is 1. The van der Waals surface area contributed by atoms with Crippen molar-refractivity contribution in [2.75, 3.05) is 19.6 Å². The molecule has 1 fully saturated rings. The van der Waals surface area contributed by atoms with E-state index in [0.29, 0.717) is 48.3 Å². The summed E-state index contributed by atoms with van der Waals surface area (Å²) in [6.45, 7) is 3.42. The van der Waals surface area contributed by atoms with Crippen LogP contribution in [-0.4, -0.2) is 63.8 Å². The zero-order valence-electron chi connectivity index (χ0n) is 19.1. The first-order chi connectivity index (χ1) is 16.2. The van der Waals surface area contributed by atoms with Crippen molar-refractivity contribution in [2.24, 2.45) is 11.5 Å². The number of hydrogen-bond acceptors (Lipinski definition) is 7. The molecular formula is C22H31N7O4S. The van der Waals surface area contributed by atoms with E-state index in [1.54, 1.807) is 22.7 Å². The monoisotopic (exact) mass is 489 g/mol. The van der Waals surface area contributed by atoms with Crippen molar-refractivity contribution < 1.29 is 14.3 Å². The summed E-state index contributed by atoms with van der Waals surface area (Å²) in [6.07, 6.45) is 0.398. The van der Waals surface area contributed by atoms with Crippen LogP contribution < -0.4 is 22.3 Å². The molecule has 0 saturated carbocycles. The number of amides is 2. The molecule has 0 radical (unpaired) electrons. The third kappa shape index (κ3) is 6.86. The molecule has 2 amide bonds. The first kappa shape index (κ1) is 25.3. The van der Waals surface area contributed by atoms with Gasteiger partial charge in [-0.2, -0.15) is 11.8 Å². The Morgan fingerprint density at radius 3 is 2.76 bits per heavy atom. The molecule has 11 nitrogen and oxygen atoms in total. The number of carbonyl (C=O) groups excluding carboxylic acids is 2. The number of guanidine groups is 1. The summed E-state index contributed by atoms with van der Waals surface area (Å²) in [5, 5.41) is 10.7. The van der Waals surface area contributed by atoms with Crippen molar-refractivity contribution in [2.45, 2.75) is 49.7 Å². The quantitative estimate of drug-likeness (QED) is 0.198. The third-order valence-electron chi connectivity index (χ3n) is 5.69. The van der Waals surface area contributed by atoms with Crippen LogP contribution in [0, 0.1) is 12.3 Å². The predicted molar refractivity (Wildman–Crippen MR) is 132 cm³/mol. The lowest BCUT2D eigenvalue weighted by Crippen LogP contribution is -2.46. The van der Waals surface area contributed by atoms with Gasteiger partial charge in [-0.3, -0.25) is 15.0 Å². The average Bonchev–Trinajstić information content (AvgIpc) is 2.80. The predicted octanol–water partition coefficient (Wildman–Crippen LogP) is 1.18. The molecule has 1 aromatic heterocycles. The molecule has 1 saturated heterocycles. The Balaban J connectivity index is 1.51. The van der Waals surface area contributed by atoms with Crippen molar-refractivity contribution >= 4 is 40.6 Å². The number of thioether (sulfide) groups is 1. The molecule has 1 aliphatic rings. The number of carbonyl (C=O) groups is 2. The highest BCUT2D eigenvalue weighted by Gasteiger charge is 2.30. The minimum absolute atomic E-state index is 0.135. The van der Waals surface area contributed by atoms with Crippen LogP contribution in [0.2, 0.25) is 0 Å². The normalized spacial score (nSPS) is 15.1. The van der Waals surface area contributed by atoms with Crippen LogP contribution in [0.3, 0.4) is 0 Å². The van der Waals surface area contributed by atoms with E-state index in [1.807, 2.05) is 19.1 Å². The fraction of sp³-hybridized carbons (Fsp3) is 0.500. The fourth-order valence-corrected chi connectivity index (χ4v) is 5.02. The Kier molecular flexibility index (Phi) is 8.74. The van der Waals surface area contributed by atoms with Gasteiger partial charge in [-0.25, -0.2) is 9.78 Å². The molecular weight excluding hydrogens is 458 g/mol. The van der Waals surface area contributed by atoms with Crippen molar-refractivity contribution in [3.8, 4) is 0 Å². The molecule has 0 aliphatic carbocycles. The van der Waals surface area contributed by atoms with E-state index in [1.165, 1.54) is 0 Å². The molecule has 1 aliphatic heterocycles. The lowest BCUT2D eigenvalue weighted by atomic mass is 10.1. The standard InChI is InChI=1S/C22H31N7O4S/c1-13-4-2-5-15-18(13)27-17(28-19(15)30)12-34-14-7-10-29(11-8-14)20(31)16(33-22(25)32)6-3-9-26-21(23)24/h2,4-5,14,16H,3,6-12H2,1H3,(H2,25,32)(H4,23,24,26)(H,27,28,30). The number of ether oxygens (including phenoxy) is 1. The van der Waals surface area contributed by atoms with E-state index < -0.39 is 12.2 Å². The Hall–Kier alpha value is -3.28. The number of H-pyrrole nitrogens is 1. The van der Waals surface area contributed by atoms with Crippen LogP contribution in [0.1, 0.15) is 37.1 Å². The van der Waals surface area contributed by atoms with Gasteiger partial charge < -0.3 is 31.4 Å². The maximum absolute atomic E-state index is 12.9. The highest BCUT2D eigenvalue weighted by Crippen LogP contribution is 2.27. The van der Waals surface area contributed by atoms with Crippen molar-refractivity contribution in [1.29, 1.82) is 5.41 Å². The van der Waals surface area contributed by atoms with Crippen LogP contribution in [0.25, 0.3) is 10.9 Å². The second-order valence-corrected chi connectivity index (χ2v) is 9.52. The number of aromatic amines is 1. The van der Waals surface area contributed by atoms with Crippen LogP contribution >= 0.6 is 11.8 Å². The van der Waals surface area contributed by atoms with E-state index in [4.69, 9.17) is 21.6 Å². The van der Waals surface area contributed by atoms with Gasteiger partial charge in [0, 0.05) is 24.9 Å². The van der Waals surface area contributed by atoms with Gasteiger partial charge in [0.2, 0.25) is 0 Å². The molecule has 0 spiro atoms. The minimum atomic E-state index is -0.990. The van der Waals surface area contributed by atoms with Gasteiger partial charge in [0.1, 0.15) is 5.82 Å².